The summed E-state index contributed by atoms with van der Waals surface area (Å²) in [7, 11) is 0. The Bertz CT molecular complexity index is 421. The van der Waals surface area contributed by atoms with Crippen LogP contribution in [0.1, 0.15) is 71.1 Å². The Morgan fingerprint density at radius 1 is 1.00 bits per heavy atom. The Labute approximate surface area is 127 Å². The lowest BCUT2D eigenvalue weighted by molar-refractivity contribution is -0.153. The second kappa shape index (κ2) is 5.62. The molecule has 0 radical (unpaired) electrons. The average molecular weight is 292 g/mol. The predicted octanol–water partition coefficient (Wildman–Crippen LogP) is 2.62. The maximum Gasteiger partial charge on any atom is 0.248 e. The van der Waals surface area contributed by atoms with E-state index in [0.29, 0.717) is 0 Å². The van der Waals surface area contributed by atoms with Gasteiger partial charge >= 0.3 is 0 Å². The molecule has 118 valence electrons. The fourth-order valence-corrected chi connectivity index (χ4v) is 4.68. The number of rotatable bonds is 3. The van der Waals surface area contributed by atoms with Gasteiger partial charge in [-0.15, -0.1) is 0 Å². The molecule has 1 spiro atoms. The molecule has 0 aromatic carbocycles. The third kappa shape index (κ3) is 2.69. The molecule has 3 rings (SSSR count). The SMILES string of the molecule is CCC1(CN2CC(=O)NC3(CCCCC3)C2=O)CCCC1. The van der Waals surface area contributed by atoms with Gasteiger partial charge in [0.25, 0.3) is 0 Å². The monoisotopic (exact) mass is 292 g/mol. The number of carbonyl (C=O) groups excluding carboxylic acids is 2. The molecule has 0 bridgehead atoms. The number of hydrogen-bond donors (Lipinski definition) is 1. The second-order valence-corrected chi connectivity index (χ2v) is 7.41. The van der Waals surface area contributed by atoms with Crippen molar-refractivity contribution in [1.29, 1.82) is 0 Å². The molecule has 3 fully saturated rings. The van der Waals surface area contributed by atoms with E-state index in [2.05, 4.69) is 12.2 Å². The van der Waals surface area contributed by atoms with Crippen LogP contribution in [0, 0.1) is 5.41 Å². The third-order valence-corrected chi connectivity index (χ3v) is 6.06. The highest BCUT2D eigenvalue weighted by molar-refractivity contribution is 5.98. The van der Waals surface area contributed by atoms with Crippen LogP contribution in [0.2, 0.25) is 0 Å². The van der Waals surface area contributed by atoms with Gasteiger partial charge in [-0.3, -0.25) is 9.59 Å². The average Bonchev–Trinajstić information content (AvgIpc) is 2.94. The van der Waals surface area contributed by atoms with E-state index in [0.717, 1.165) is 38.6 Å². The first-order valence-electron chi connectivity index (χ1n) is 8.70. The lowest BCUT2D eigenvalue weighted by Crippen LogP contribution is -2.68. The molecule has 0 unspecified atom stereocenters. The van der Waals surface area contributed by atoms with Crippen LogP contribution in [-0.2, 0) is 9.59 Å². The molecule has 3 aliphatic rings. The van der Waals surface area contributed by atoms with Crippen molar-refractivity contribution < 1.29 is 9.59 Å². The fraction of sp³-hybridized carbons (Fsp3) is 0.882. The molecule has 4 heteroatoms. The summed E-state index contributed by atoms with van der Waals surface area (Å²) in [4.78, 5) is 27.0. The van der Waals surface area contributed by atoms with Crippen LogP contribution in [0.5, 0.6) is 0 Å². The predicted molar refractivity (Wildman–Crippen MR) is 81.7 cm³/mol. The summed E-state index contributed by atoms with van der Waals surface area (Å²) in [5.41, 5.74) is -0.301. The minimum Gasteiger partial charge on any atom is -0.340 e. The van der Waals surface area contributed by atoms with Gasteiger partial charge in [-0.2, -0.15) is 0 Å². The molecule has 2 amide bonds. The largest absolute Gasteiger partial charge is 0.340 e. The third-order valence-electron chi connectivity index (χ3n) is 6.06. The smallest absolute Gasteiger partial charge is 0.248 e. The quantitative estimate of drug-likeness (QED) is 0.869. The Hall–Kier alpha value is -1.06. The Kier molecular flexibility index (Phi) is 3.98. The molecule has 21 heavy (non-hydrogen) atoms. The van der Waals surface area contributed by atoms with Crippen molar-refractivity contribution in [2.45, 2.75) is 76.7 Å². The van der Waals surface area contributed by atoms with Crippen LogP contribution in [-0.4, -0.2) is 35.3 Å². The first-order chi connectivity index (χ1) is 10.1. The summed E-state index contributed by atoms with van der Waals surface area (Å²) < 4.78 is 0. The first kappa shape index (κ1) is 14.9. The highest BCUT2D eigenvalue weighted by Gasteiger charge is 2.48. The molecule has 1 N–H and O–H groups in total. The summed E-state index contributed by atoms with van der Waals surface area (Å²) in [6.45, 7) is 3.29. The van der Waals surface area contributed by atoms with Gasteiger partial charge in [-0.05, 0) is 37.5 Å². The Balaban J connectivity index is 1.78. The molecular weight excluding hydrogens is 264 g/mol. The zero-order valence-electron chi connectivity index (χ0n) is 13.2. The summed E-state index contributed by atoms with van der Waals surface area (Å²) in [6.07, 6.45) is 11.0. The van der Waals surface area contributed by atoms with Crippen molar-refractivity contribution in [3.8, 4) is 0 Å². The van der Waals surface area contributed by atoms with Gasteiger partial charge < -0.3 is 10.2 Å². The van der Waals surface area contributed by atoms with Gasteiger partial charge in [-0.1, -0.05) is 39.0 Å². The van der Waals surface area contributed by atoms with Crippen molar-refractivity contribution in [3.05, 3.63) is 0 Å². The van der Waals surface area contributed by atoms with Gasteiger partial charge in [0.05, 0.1) is 6.54 Å². The van der Waals surface area contributed by atoms with Crippen molar-refractivity contribution in [2.24, 2.45) is 5.41 Å². The van der Waals surface area contributed by atoms with Gasteiger partial charge in [-0.25, -0.2) is 0 Å². The molecule has 0 atom stereocenters. The van der Waals surface area contributed by atoms with Crippen molar-refractivity contribution >= 4 is 11.8 Å². The second-order valence-electron chi connectivity index (χ2n) is 7.41. The summed E-state index contributed by atoms with van der Waals surface area (Å²) in [5.74, 6) is 0.238. The lowest BCUT2D eigenvalue weighted by Gasteiger charge is -2.46. The number of carbonyl (C=O) groups is 2. The van der Waals surface area contributed by atoms with Crippen LogP contribution in [0.25, 0.3) is 0 Å². The van der Waals surface area contributed by atoms with Crippen molar-refractivity contribution in [2.75, 3.05) is 13.1 Å². The van der Waals surface area contributed by atoms with Crippen LogP contribution in [0.4, 0.5) is 0 Å². The van der Waals surface area contributed by atoms with E-state index in [1.165, 1.54) is 32.1 Å². The van der Waals surface area contributed by atoms with Crippen molar-refractivity contribution in [1.82, 2.24) is 10.2 Å². The molecule has 4 nitrogen and oxygen atoms in total. The van der Waals surface area contributed by atoms with E-state index in [1.807, 2.05) is 4.90 Å². The molecule has 2 aliphatic carbocycles. The standard InChI is InChI=1S/C17H28N2O2/c1-2-16(8-6-7-9-16)13-19-12-14(20)18-17(15(19)21)10-4-3-5-11-17/h2-13H2,1H3,(H,18,20). The molecule has 0 aromatic heterocycles. The topological polar surface area (TPSA) is 49.4 Å². The summed E-state index contributed by atoms with van der Waals surface area (Å²) >= 11 is 0. The van der Waals surface area contributed by atoms with Gasteiger partial charge in [0.15, 0.2) is 0 Å². The maximum atomic E-state index is 13.0. The minimum absolute atomic E-state index is 0.0424. The van der Waals surface area contributed by atoms with E-state index in [4.69, 9.17) is 0 Å². The number of piperazine rings is 1. The maximum absolute atomic E-state index is 13.0. The van der Waals surface area contributed by atoms with E-state index >= 15 is 0 Å². The molecule has 1 heterocycles. The number of nitrogens with zero attached hydrogens (tertiary/aromatic N) is 1. The van der Waals surface area contributed by atoms with Crippen LogP contribution < -0.4 is 5.32 Å². The fourth-order valence-electron chi connectivity index (χ4n) is 4.68. The normalized spacial score (nSPS) is 28.0. The van der Waals surface area contributed by atoms with E-state index in [-0.39, 0.29) is 23.8 Å². The number of hydrogen-bond acceptors (Lipinski definition) is 2. The van der Waals surface area contributed by atoms with Crippen LogP contribution in [0.15, 0.2) is 0 Å². The Morgan fingerprint density at radius 3 is 2.24 bits per heavy atom. The molecular formula is C17H28N2O2. The van der Waals surface area contributed by atoms with Crippen LogP contribution >= 0.6 is 0 Å². The molecule has 2 saturated carbocycles. The molecule has 1 aliphatic heterocycles. The highest BCUT2D eigenvalue weighted by atomic mass is 16.2. The van der Waals surface area contributed by atoms with Crippen molar-refractivity contribution in [3.63, 3.8) is 0 Å². The number of amides is 2. The Morgan fingerprint density at radius 2 is 1.62 bits per heavy atom. The minimum atomic E-state index is -0.568. The summed E-state index contributed by atoms with van der Waals surface area (Å²) in [5, 5.41) is 3.04. The van der Waals surface area contributed by atoms with E-state index in [1.54, 1.807) is 0 Å². The molecule has 0 aromatic rings. The van der Waals surface area contributed by atoms with Crippen LogP contribution in [0.3, 0.4) is 0 Å². The molecule has 1 saturated heterocycles. The van der Waals surface area contributed by atoms with Gasteiger partial charge in [0.2, 0.25) is 11.8 Å². The van der Waals surface area contributed by atoms with Gasteiger partial charge in [0, 0.05) is 6.54 Å². The first-order valence-corrected chi connectivity index (χ1v) is 8.70. The zero-order valence-corrected chi connectivity index (χ0v) is 13.2. The van der Waals surface area contributed by atoms with Gasteiger partial charge in [0.1, 0.15) is 5.54 Å². The van der Waals surface area contributed by atoms with E-state index < -0.39 is 5.54 Å². The highest BCUT2D eigenvalue weighted by Crippen LogP contribution is 2.42. The number of nitrogens with one attached hydrogen (secondary N) is 1. The lowest BCUT2D eigenvalue weighted by atomic mass is 9.77. The summed E-state index contributed by atoms with van der Waals surface area (Å²) in [6, 6.07) is 0. The van der Waals surface area contributed by atoms with E-state index in [9.17, 15) is 9.59 Å². The zero-order chi connectivity index (χ0) is 14.9.